The van der Waals surface area contributed by atoms with Gasteiger partial charge in [-0.1, -0.05) is 32.9 Å². The van der Waals surface area contributed by atoms with Crippen molar-refractivity contribution in [2.75, 3.05) is 0 Å². The summed E-state index contributed by atoms with van der Waals surface area (Å²) in [5, 5.41) is 10.4. The topological polar surface area (TPSA) is 85.6 Å². The third-order valence-electron chi connectivity index (χ3n) is 5.87. The first-order valence-electron chi connectivity index (χ1n) is 9.83. The van der Waals surface area contributed by atoms with E-state index < -0.39 is 11.4 Å². The van der Waals surface area contributed by atoms with Crippen molar-refractivity contribution < 1.29 is 18.7 Å². The van der Waals surface area contributed by atoms with E-state index in [1.54, 1.807) is 6.26 Å². The lowest BCUT2D eigenvalue weighted by Crippen LogP contribution is -2.32. The molecule has 0 fully saturated rings. The minimum absolute atomic E-state index is 0.0238. The van der Waals surface area contributed by atoms with Crippen molar-refractivity contribution in [1.29, 1.82) is 0 Å². The van der Waals surface area contributed by atoms with E-state index in [9.17, 15) is 14.7 Å². The van der Waals surface area contributed by atoms with Crippen LogP contribution in [-0.4, -0.2) is 15.6 Å². The maximum absolute atomic E-state index is 12.5. The first-order chi connectivity index (χ1) is 14.2. The second-order valence-electron chi connectivity index (χ2n) is 8.83. The number of carboxylic acids is 1. The third-order valence-corrected chi connectivity index (χ3v) is 5.87. The SMILES string of the molecule is CC(C)(C)[C@@H]1Cc2c(oc3cc(-c4ccco4)ccc23)-c2cc(=O)c(C(=O)O)cn21. The highest BCUT2D eigenvalue weighted by Crippen LogP contribution is 2.46. The first-order valence-corrected chi connectivity index (χ1v) is 9.83. The van der Waals surface area contributed by atoms with E-state index in [0.717, 1.165) is 22.3 Å². The van der Waals surface area contributed by atoms with E-state index in [1.807, 2.05) is 34.9 Å². The Labute approximate surface area is 172 Å². The van der Waals surface area contributed by atoms with Crippen molar-refractivity contribution >= 4 is 16.9 Å². The molecular weight excluding hydrogens is 382 g/mol. The molecule has 0 saturated carbocycles. The monoisotopic (exact) mass is 403 g/mol. The van der Waals surface area contributed by atoms with Crippen LogP contribution in [0.3, 0.4) is 0 Å². The summed E-state index contributed by atoms with van der Waals surface area (Å²) >= 11 is 0. The van der Waals surface area contributed by atoms with Crippen LogP contribution in [0, 0.1) is 5.41 Å². The number of rotatable bonds is 2. The average Bonchev–Trinajstić information content (AvgIpc) is 3.33. The van der Waals surface area contributed by atoms with Gasteiger partial charge in [0.1, 0.15) is 16.9 Å². The van der Waals surface area contributed by atoms with Crippen LogP contribution in [0.1, 0.15) is 42.7 Å². The Bertz CT molecular complexity index is 1350. The quantitative estimate of drug-likeness (QED) is 0.487. The Morgan fingerprint density at radius 2 is 2.00 bits per heavy atom. The number of benzene rings is 1. The van der Waals surface area contributed by atoms with Crippen LogP contribution in [0.4, 0.5) is 0 Å². The number of carbonyl (C=O) groups is 1. The highest BCUT2D eigenvalue weighted by Gasteiger charge is 2.36. The van der Waals surface area contributed by atoms with Crippen LogP contribution in [0.5, 0.6) is 0 Å². The van der Waals surface area contributed by atoms with Gasteiger partial charge in [0.2, 0.25) is 0 Å². The van der Waals surface area contributed by atoms with E-state index in [4.69, 9.17) is 8.83 Å². The molecule has 0 unspecified atom stereocenters. The predicted octanol–water partition coefficient (Wildman–Crippen LogP) is 5.36. The van der Waals surface area contributed by atoms with Gasteiger partial charge in [-0.3, -0.25) is 4.79 Å². The third kappa shape index (κ3) is 2.71. The Morgan fingerprint density at radius 1 is 1.20 bits per heavy atom. The molecule has 30 heavy (non-hydrogen) atoms. The second-order valence-corrected chi connectivity index (χ2v) is 8.83. The number of carboxylic acid groups (broad SMARTS) is 1. The van der Waals surface area contributed by atoms with Gasteiger partial charge in [-0.25, -0.2) is 4.79 Å². The highest BCUT2D eigenvalue weighted by molar-refractivity contribution is 5.92. The summed E-state index contributed by atoms with van der Waals surface area (Å²) < 4.78 is 13.6. The molecule has 0 spiro atoms. The van der Waals surface area contributed by atoms with Gasteiger partial charge in [0, 0.05) is 34.8 Å². The van der Waals surface area contributed by atoms with Gasteiger partial charge in [-0.15, -0.1) is 0 Å². The van der Waals surface area contributed by atoms with E-state index in [2.05, 4.69) is 20.8 Å². The molecule has 0 amide bonds. The lowest BCUT2D eigenvalue weighted by Gasteiger charge is -2.37. The van der Waals surface area contributed by atoms with Gasteiger partial charge in [0.15, 0.2) is 11.2 Å². The fourth-order valence-corrected chi connectivity index (χ4v) is 4.32. The van der Waals surface area contributed by atoms with Crippen molar-refractivity contribution in [3.05, 3.63) is 70.2 Å². The number of aromatic nitrogens is 1. The van der Waals surface area contributed by atoms with Gasteiger partial charge in [0.25, 0.3) is 0 Å². The lowest BCUT2D eigenvalue weighted by atomic mass is 9.79. The molecular formula is C24H21NO5. The summed E-state index contributed by atoms with van der Waals surface area (Å²) in [4.78, 5) is 24.0. The van der Waals surface area contributed by atoms with E-state index in [0.29, 0.717) is 23.5 Å². The van der Waals surface area contributed by atoms with E-state index in [-0.39, 0.29) is 17.0 Å². The fourth-order valence-electron chi connectivity index (χ4n) is 4.32. The zero-order valence-electron chi connectivity index (χ0n) is 16.9. The number of hydrogen-bond donors (Lipinski definition) is 1. The Morgan fingerprint density at radius 3 is 2.67 bits per heavy atom. The first kappa shape index (κ1) is 18.5. The van der Waals surface area contributed by atoms with Crippen molar-refractivity contribution in [2.45, 2.75) is 33.2 Å². The minimum atomic E-state index is -1.22. The molecule has 4 heterocycles. The Kier molecular flexibility index (Phi) is 3.84. The van der Waals surface area contributed by atoms with Gasteiger partial charge in [-0.2, -0.15) is 0 Å². The second kappa shape index (κ2) is 6.23. The van der Waals surface area contributed by atoms with Crippen LogP contribution in [-0.2, 0) is 6.42 Å². The lowest BCUT2D eigenvalue weighted by molar-refractivity contribution is 0.0693. The minimum Gasteiger partial charge on any atom is -0.477 e. The Hall–Kier alpha value is -3.54. The van der Waals surface area contributed by atoms with E-state index in [1.165, 1.54) is 12.3 Å². The number of hydrogen-bond acceptors (Lipinski definition) is 4. The number of fused-ring (bicyclic) bond motifs is 5. The fraction of sp³-hybridized carbons (Fsp3) is 0.250. The van der Waals surface area contributed by atoms with Crippen LogP contribution in [0.2, 0.25) is 0 Å². The van der Waals surface area contributed by atoms with Gasteiger partial charge in [0.05, 0.1) is 12.0 Å². The summed E-state index contributed by atoms with van der Waals surface area (Å²) in [6.45, 7) is 6.34. The standard InChI is InChI=1S/C24H21NO5/c1-24(2,3)21-10-15-14-7-6-13(19-5-4-8-29-19)9-20(14)30-22(15)17-11-18(26)16(23(27)28)12-25(17)21/h4-9,11-12,21H,10H2,1-3H3,(H,27,28)/t21-/m0/s1. The average molecular weight is 403 g/mol. The zero-order chi connectivity index (χ0) is 21.2. The molecule has 0 bridgehead atoms. The molecule has 6 nitrogen and oxygen atoms in total. The molecule has 4 aromatic rings. The molecule has 5 rings (SSSR count). The highest BCUT2D eigenvalue weighted by atomic mass is 16.4. The summed E-state index contributed by atoms with van der Waals surface area (Å²) in [6, 6.07) is 11.0. The number of nitrogens with zero attached hydrogens (tertiary/aromatic N) is 1. The maximum Gasteiger partial charge on any atom is 0.341 e. The maximum atomic E-state index is 12.5. The number of aromatic carboxylic acids is 1. The molecule has 1 aliphatic heterocycles. The zero-order valence-corrected chi connectivity index (χ0v) is 16.9. The molecule has 1 atom stereocenters. The van der Waals surface area contributed by atoms with Crippen molar-refractivity contribution in [2.24, 2.45) is 5.41 Å². The van der Waals surface area contributed by atoms with Crippen molar-refractivity contribution in [1.82, 2.24) is 4.57 Å². The van der Waals surface area contributed by atoms with Crippen LogP contribution in [0.25, 0.3) is 33.7 Å². The molecule has 6 heteroatoms. The molecule has 0 aliphatic carbocycles. The van der Waals surface area contributed by atoms with Crippen molar-refractivity contribution in [3.8, 4) is 22.8 Å². The normalized spacial score (nSPS) is 15.8. The van der Waals surface area contributed by atoms with Crippen LogP contribution in [0.15, 0.2) is 62.5 Å². The predicted molar refractivity (Wildman–Crippen MR) is 113 cm³/mol. The molecule has 0 saturated heterocycles. The molecule has 3 aromatic heterocycles. The Balaban J connectivity index is 1.77. The molecule has 152 valence electrons. The smallest absolute Gasteiger partial charge is 0.341 e. The summed E-state index contributed by atoms with van der Waals surface area (Å²) in [5.74, 6) is 0.152. The number of furan rings is 2. The van der Waals surface area contributed by atoms with Gasteiger partial charge >= 0.3 is 5.97 Å². The van der Waals surface area contributed by atoms with Gasteiger partial charge < -0.3 is 18.5 Å². The van der Waals surface area contributed by atoms with Crippen LogP contribution < -0.4 is 5.43 Å². The van der Waals surface area contributed by atoms with Crippen LogP contribution >= 0.6 is 0 Å². The number of pyridine rings is 1. The van der Waals surface area contributed by atoms with Gasteiger partial charge in [-0.05, 0) is 30.0 Å². The molecule has 1 aromatic carbocycles. The summed E-state index contributed by atoms with van der Waals surface area (Å²) in [6.07, 6.45) is 3.77. The summed E-state index contributed by atoms with van der Waals surface area (Å²) in [5.41, 5.74) is 2.36. The summed E-state index contributed by atoms with van der Waals surface area (Å²) in [7, 11) is 0. The molecule has 1 aliphatic rings. The van der Waals surface area contributed by atoms with Crippen molar-refractivity contribution in [3.63, 3.8) is 0 Å². The molecule has 1 N–H and O–H groups in total. The molecule has 0 radical (unpaired) electrons. The van der Waals surface area contributed by atoms with E-state index >= 15 is 0 Å². The largest absolute Gasteiger partial charge is 0.477 e.